The fourth-order valence-electron chi connectivity index (χ4n) is 3.28. The van der Waals surface area contributed by atoms with E-state index in [1.54, 1.807) is 0 Å². The number of hydrogen-bond donors (Lipinski definition) is 1. The number of carboxylic acid groups (broad SMARTS) is 2. The Balaban J connectivity index is -0.00000364. The SMILES string of the molecule is CCCCCCCCCCCCCCCCCC(=O)N[C@@H](CC(=O)[O-])C(=O)[O-].[Li+].[Li+]. The summed E-state index contributed by atoms with van der Waals surface area (Å²) in [5.74, 6) is -3.58. The summed E-state index contributed by atoms with van der Waals surface area (Å²) >= 11 is 0. The van der Waals surface area contributed by atoms with Crippen LogP contribution in [0.5, 0.6) is 0 Å². The molecule has 0 radical (unpaired) electrons. The molecule has 164 valence electrons. The molecule has 30 heavy (non-hydrogen) atoms. The van der Waals surface area contributed by atoms with Gasteiger partial charge in [0, 0.05) is 18.8 Å². The predicted molar refractivity (Wildman–Crippen MR) is 106 cm³/mol. The van der Waals surface area contributed by atoms with Gasteiger partial charge >= 0.3 is 37.7 Å². The van der Waals surface area contributed by atoms with Gasteiger partial charge in [-0.25, -0.2) is 0 Å². The first-order chi connectivity index (χ1) is 13.5. The Morgan fingerprint density at radius 1 is 0.667 bits per heavy atom. The summed E-state index contributed by atoms with van der Waals surface area (Å²) in [5.41, 5.74) is 0. The van der Waals surface area contributed by atoms with E-state index in [0.29, 0.717) is 6.42 Å². The van der Waals surface area contributed by atoms with Crippen LogP contribution in [-0.4, -0.2) is 23.9 Å². The maximum Gasteiger partial charge on any atom is 1.00 e. The molecule has 0 rings (SSSR count). The number of carbonyl (C=O) groups is 3. The Morgan fingerprint density at radius 3 is 1.37 bits per heavy atom. The smallest absolute Gasteiger partial charge is 0.550 e. The standard InChI is InChI=1S/C22H41NO5.2Li/c1-2-3-4-5-6-7-8-9-10-11-12-13-14-15-16-17-20(24)23-19(22(27)28)18-21(25)26;;/h19H,2-18H2,1H3,(H,23,24)(H,25,26)(H,27,28);;/q;2*+1/p-2/t19-;;/m0../s1. The van der Waals surface area contributed by atoms with Crippen molar-refractivity contribution in [1.29, 1.82) is 0 Å². The van der Waals surface area contributed by atoms with Gasteiger partial charge in [0.1, 0.15) is 0 Å². The van der Waals surface area contributed by atoms with Gasteiger partial charge in [-0.3, -0.25) is 4.79 Å². The van der Waals surface area contributed by atoms with Crippen LogP contribution in [-0.2, 0) is 14.4 Å². The third kappa shape index (κ3) is 23.9. The van der Waals surface area contributed by atoms with Crippen LogP contribution in [0.15, 0.2) is 0 Å². The zero-order chi connectivity index (χ0) is 21.0. The first-order valence-electron chi connectivity index (χ1n) is 11.2. The third-order valence-corrected chi connectivity index (χ3v) is 5.00. The molecule has 0 saturated heterocycles. The largest absolute Gasteiger partial charge is 1.00 e. The van der Waals surface area contributed by atoms with E-state index < -0.39 is 30.3 Å². The summed E-state index contributed by atoms with van der Waals surface area (Å²) in [6.45, 7) is 2.24. The molecule has 0 spiro atoms. The molecule has 0 saturated carbocycles. The number of rotatable bonds is 20. The van der Waals surface area contributed by atoms with Crippen LogP contribution in [0.3, 0.4) is 0 Å². The fourth-order valence-corrected chi connectivity index (χ4v) is 3.28. The van der Waals surface area contributed by atoms with Crippen LogP contribution in [0, 0.1) is 0 Å². The molecule has 0 fully saturated rings. The monoisotopic (exact) mass is 411 g/mol. The molecule has 1 N–H and O–H groups in total. The molecule has 0 aromatic rings. The number of amides is 1. The summed E-state index contributed by atoms with van der Waals surface area (Å²) in [6, 6.07) is -1.52. The van der Waals surface area contributed by atoms with Gasteiger partial charge in [-0.1, -0.05) is 96.8 Å². The Morgan fingerprint density at radius 2 is 1.03 bits per heavy atom. The second-order valence-electron chi connectivity index (χ2n) is 7.72. The van der Waals surface area contributed by atoms with E-state index in [9.17, 15) is 24.6 Å². The van der Waals surface area contributed by atoms with Crippen LogP contribution in [0.1, 0.15) is 116 Å². The molecule has 0 heterocycles. The number of carboxylic acids is 2. The van der Waals surface area contributed by atoms with E-state index in [4.69, 9.17) is 0 Å². The maximum absolute atomic E-state index is 11.7. The normalized spacial score (nSPS) is 11.1. The molecule has 0 aliphatic carbocycles. The Kier molecular flexibility index (Phi) is 28.4. The van der Waals surface area contributed by atoms with Crippen molar-refractivity contribution in [2.45, 2.75) is 122 Å². The molecule has 0 aromatic heterocycles. The van der Waals surface area contributed by atoms with E-state index in [2.05, 4.69) is 12.2 Å². The van der Waals surface area contributed by atoms with Crippen molar-refractivity contribution < 1.29 is 62.3 Å². The maximum atomic E-state index is 11.7. The van der Waals surface area contributed by atoms with Crippen LogP contribution in [0.2, 0.25) is 0 Å². The van der Waals surface area contributed by atoms with E-state index in [1.807, 2.05) is 0 Å². The van der Waals surface area contributed by atoms with Gasteiger partial charge in [-0.2, -0.15) is 0 Å². The molecule has 0 aliphatic rings. The minimum atomic E-state index is -1.60. The molecule has 0 bridgehead atoms. The van der Waals surface area contributed by atoms with Crippen molar-refractivity contribution >= 4 is 17.8 Å². The Labute approximate surface area is 207 Å². The quantitative estimate of drug-likeness (QED) is 0.166. The summed E-state index contributed by atoms with van der Waals surface area (Å²) < 4.78 is 0. The van der Waals surface area contributed by atoms with Crippen molar-refractivity contribution in [3.05, 3.63) is 0 Å². The van der Waals surface area contributed by atoms with Gasteiger partial charge in [0.25, 0.3) is 0 Å². The van der Waals surface area contributed by atoms with E-state index in [0.717, 1.165) is 19.3 Å². The first kappa shape index (κ1) is 34.2. The Bertz CT molecular complexity index is 436. The topological polar surface area (TPSA) is 109 Å². The fraction of sp³-hybridized carbons (Fsp3) is 0.864. The number of carbonyl (C=O) groups excluding carboxylic acids is 3. The van der Waals surface area contributed by atoms with E-state index in [1.165, 1.54) is 70.6 Å². The van der Waals surface area contributed by atoms with E-state index in [-0.39, 0.29) is 44.1 Å². The van der Waals surface area contributed by atoms with Crippen LogP contribution < -0.4 is 53.3 Å². The molecule has 0 aromatic carbocycles. The average molecular weight is 411 g/mol. The van der Waals surface area contributed by atoms with Gasteiger partial charge in [0.15, 0.2) is 0 Å². The van der Waals surface area contributed by atoms with Crippen molar-refractivity contribution in [3.63, 3.8) is 0 Å². The molecular weight excluding hydrogens is 372 g/mol. The molecule has 1 atom stereocenters. The average Bonchev–Trinajstić information content (AvgIpc) is 2.64. The minimum absolute atomic E-state index is 0. The second kappa shape index (κ2) is 24.9. The molecule has 0 aliphatic heterocycles. The minimum Gasteiger partial charge on any atom is -0.550 e. The van der Waals surface area contributed by atoms with Crippen LogP contribution in [0.25, 0.3) is 0 Å². The molecule has 0 unspecified atom stereocenters. The number of hydrogen-bond acceptors (Lipinski definition) is 5. The summed E-state index contributed by atoms with van der Waals surface area (Å²) in [7, 11) is 0. The zero-order valence-corrected chi connectivity index (χ0v) is 19.6. The van der Waals surface area contributed by atoms with Gasteiger partial charge < -0.3 is 25.1 Å². The second-order valence-corrected chi connectivity index (χ2v) is 7.72. The summed E-state index contributed by atoms with van der Waals surface area (Å²) in [5, 5.41) is 23.4. The molecular formula is C22H39Li2NO5. The van der Waals surface area contributed by atoms with Gasteiger partial charge in [0.2, 0.25) is 5.91 Å². The number of aliphatic carboxylic acids is 2. The summed E-state index contributed by atoms with van der Waals surface area (Å²) in [6.07, 6.45) is 17.9. The molecule has 6 nitrogen and oxygen atoms in total. The Hall–Kier alpha value is -0.395. The third-order valence-electron chi connectivity index (χ3n) is 5.00. The predicted octanol–water partition coefficient (Wildman–Crippen LogP) is -3.37. The van der Waals surface area contributed by atoms with Crippen LogP contribution in [0.4, 0.5) is 0 Å². The van der Waals surface area contributed by atoms with Crippen molar-refractivity contribution in [2.24, 2.45) is 0 Å². The van der Waals surface area contributed by atoms with Crippen molar-refractivity contribution in [1.82, 2.24) is 5.32 Å². The van der Waals surface area contributed by atoms with Crippen LogP contribution >= 0.6 is 0 Å². The molecule has 8 heteroatoms. The zero-order valence-electron chi connectivity index (χ0n) is 19.6. The van der Waals surface area contributed by atoms with Crippen molar-refractivity contribution in [2.75, 3.05) is 0 Å². The number of unbranched alkanes of at least 4 members (excludes halogenated alkanes) is 14. The van der Waals surface area contributed by atoms with Gasteiger partial charge in [-0.05, 0) is 6.42 Å². The van der Waals surface area contributed by atoms with Gasteiger partial charge in [0.05, 0.1) is 12.0 Å². The van der Waals surface area contributed by atoms with E-state index >= 15 is 0 Å². The molecule has 1 amide bonds. The van der Waals surface area contributed by atoms with Gasteiger partial charge in [-0.15, -0.1) is 0 Å². The number of nitrogens with one attached hydrogen (secondary N) is 1. The van der Waals surface area contributed by atoms with Crippen molar-refractivity contribution in [3.8, 4) is 0 Å². The first-order valence-corrected chi connectivity index (χ1v) is 11.2. The summed E-state index contributed by atoms with van der Waals surface area (Å²) in [4.78, 5) is 32.9.